The van der Waals surface area contributed by atoms with Crippen LogP contribution in [-0.4, -0.2) is 26.3 Å². The Bertz CT molecular complexity index is 845. The topological polar surface area (TPSA) is 49.7 Å². The number of hydrogen-bond acceptors (Lipinski definition) is 3. The van der Waals surface area contributed by atoms with Crippen LogP contribution in [0.3, 0.4) is 0 Å². The molecule has 3 rings (SSSR count). The predicted molar refractivity (Wildman–Crippen MR) is 90.8 cm³/mol. The standard InChI is InChI=1S/C17H17F3N2O2S/c1-10-8-16(25(24)9-11(10)2)12(3)21-22(15(16)23)14-6-4-5-13(7-14)17(18,19)20/h4-7H,8-9H2,1-3H3/t16-,25-/m1/s1. The highest BCUT2D eigenvalue weighted by atomic mass is 32.2. The lowest BCUT2D eigenvalue weighted by Gasteiger charge is -2.32. The summed E-state index contributed by atoms with van der Waals surface area (Å²) in [5, 5.41) is 5.12. The second-order valence-corrected chi connectivity index (χ2v) is 8.08. The molecule has 1 amide bonds. The van der Waals surface area contributed by atoms with E-state index in [9.17, 15) is 22.2 Å². The van der Waals surface area contributed by atoms with Gasteiger partial charge in [0.15, 0.2) is 4.75 Å². The Morgan fingerprint density at radius 3 is 2.52 bits per heavy atom. The third-order valence-corrected chi connectivity index (χ3v) is 6.86. The van der Waals surface area contributed by atoms with Crippen LogP contribution in [0.5, 0.6) is 0 Å². The van der Waals surface area contributed by atoms with E-state index in [-0.39, 0.29) is 17.9 Å². The Kier molecular flexibility index (Phi) is 4.14. The molecule has 0 saturated heterocycles. The molecule has 2 atom stereocenters. The van der Waals surface area contributed by atoms with E-state index in [1.807, 2.05) is 13.8 Å². The minimum atomic E-state index is -4.51. The number of rotatable bonds is 1. The van der Waals surface area contributed by atoms with Crippen molar-refractivity contribution in [1.29, 1.82) is 0 Å². The van der Waals surface area contributed by atoms with Crippen molar-refractivity contribution < 1.29 is 22.2 Å². The lowest BCUT2D eigenvalue weighted by atomic mass is 9.92. The van der Waals surface area contributed by atoms with Crippen LogP contribution in [0.25, 0.3) is 0 Å². The molecule has 2 aliphatic heterocycles. The van der Waals surface area contributed by atoms with Crippen LogP contribution in [0.1, 0.15) is 32.8 Å². The maximum absolute atomic E-state index is 13.0. The molecule has 2 aliphatic rings. The summed E-state index contributed by atoms with van der Waals surface area (Å²) in [7, 11) is -1.50. The molecule has 0 bridgehead atoms. The number of carbonyl (C=O) groups is 1. The Balaban J connectivity index is 2.04. The average Bonchev–Trinajstić information content (AvgIpc) is 2.78. The smallest absolute Gasteiger partial charge is 0.270 e. The zero-order valence-corrected chi connectivity index (χ0v) is 14.8. The lowest BCUT2D eigenvalue weighted by molar-refractivity contribution is -0.137. The van der Waals surface area contributed by atoms with E-state index in [0.717, 1.165) is 28.3 Å². The minimum Gasteiger partial charge on any atom is -0.270 e. The van der Waals surface area contributed by atoms with Crippen molar-refractivity contribution in [3.63, 3.8) is 0 Å². The summed E-state index contributed by atoms with van der Waals surface area (Å²) in [4.78, 5) is 13.0. The van der Waals surface area contributed by atoms with Crippen LogP contribution in [0, 0.1) is 0 Å². The molecule has 1 aromatic rings. The quantitative estimate of drug-likeness (QED) is 0.709. The van der Waals surface area contributed by atoms with Crippen molar-refractivity contribution in [2.45, 2.75) is 38.1 Å². The lowest BCUT2D eigenvalue weighted by Crippen LogP contribution is -2.52. The van der Waals surface area contributed by atoms with E-state index in [0.29, 0.717) is 5.71 Å². The van der Waals surface area contributed by atoms with Gasteiger partial charge in [-0.25, -0.2) is 0 Å². The fourth-order valence-electron chi connectivity index (χ4n) is 3.10. The van der Waals surface area contributed by atoms with Gasteiger partial charge in [-0.2, -0.15) is 23.3 Å². The van der Waals surface area contributed by atoms with E-state index in [4.69, 9.17) is 0 Å². The van der Waals surface area contributed by atoms with E-state index in [1.165, 1.54) is 12.1 Å². The van der Waals surface area contributed by atoms with Gasteiger partial charge in [-0.05, 0) is 45.4 Å². The molecule has 25 heavy (non-hydrogen) atoms. The first-order valence-corrected chi connectivity index (χ1v) is 9.00. The van der Waals surface area contributed by atoms with E-state index < -0.39 is 33.2 Å². The molecule has 0 saturated carbocycles. The van der Waals surface area contributed by atoms with Crippen molar-refractivity contribution in [1.82, 2.24) is 0 Å². The SMILES string of the molecule is CC1=NN(c2cccc(C(F)(F)F)c2)C(=O)[C@@]12CC(C)=C(C)C[S@]2=O. The molecule has 0 aromatic heterocycles. The Morgan fingerprint density at radius 2 is 1.88 bits per heavy atom. The molecule has 0 aliphatic carbocycles. The summed E-state index contributed by atoms with van der Waals surface area (Å²) in [6, 6.07) is 4.44. The largest absolute Gasteiger partial charge is 0.416 e. The van der Waals surface area contributed by atoms with Gasteiger partial charge in [0.1, 0.15) is 0 Å². The van der Waals surface area contributed by atoms with Crippen LogP contribution >= 0.6 is 0 Å². The first-order valence-electron chi connectivity index (χ1n) is 7.68. The number of nitrogens with zero attached hydrogens (tertiary/aromatic N) is 2. The third-order valence-electron chi connectivity index (χ3n) is 4.77. The third kappa shape index (κ3) is 2.72. The first kappa shape index (κ1) is 17.8. The second kappa shape index (κ2) is 5.79. The van der Waals surface area contributed by atoms with Crippen molar-refractivity contribution in [2.24, 2.45) is 5.10 Å². The summed E-state index contributed by atoms with van der Waals surface area (Å²) in [6.07, 6.45) is -4.24. The zero-order chi connectivity index (χ0) is 18.6. The van der Waals surface area contributed by atoms with Gasteiger partial charge in [-0.3, -0.25) is 9.00 Å². The maximum Gasteiger partial charge on any atom is 0.416 e. The Morgan fingerprint density at radius 1 is 1.20 bits per heavy atom. The zero-order valence-electron chi connectivity index (χ0n) is 14.0. The summed E-state index contributed by atoms with van der Waals surface area (Å²) in [6.45, 7) is 5.36. The van der Waals surface area contributed by atoms with Crippen LogP contribution in [0.15, 0.2) is 40.5 Å². The van der Waals surface area contributed by atoms with Gasteiger partial charge in [0.2, 0.25) is 0 Å². The molecule has 0 fully saturated rings. The van der Waals surface area contributed by atoms with Gasteiger partial charge in [0, 0.05) is 16.6 Å². The molecule has 134 valence electrons. The normalized spacial score (nSPS) is 27.3. The van der Waals surface area contributed by atoms with Crippen molar-refractivity contribution in [3.05, 3.63) is 41.0 Å². The number of benzene rings is 1. The number of halogens is 3. The number of amides is 1. The minimum absolute atomic E-state index is 0.0250. The Labute approximate surface area is 145 Å². The molecule has 0 unspecified atom stereocenters. The van der Waals surface area contributed by atoms with Gasteiger partial charge < -0.3 is 0 Å². The highest BCUT2D eigenvalue weighted by Crippen LogP contribution is 2.40. The summed E-state index contributed by atoms with van der Waals surface area (Å²) in [5.74, 6) is -0.268. The van der Waals surface area contributed by atoms with Crippen molar-refractivity contribution in [3.8, 4) is 0 Å². The molecule has 1 spiro atoms. The molecule has 2 heterocycles. The summed E-state index contributed by atoms with van der Waals surface area (Å²) >= 11 is 0. The van der Waals surface area contributed by atoms with Gasteiger partial charge in [-0.15, -0.1) is 0 Å². The summed E-state index contributed by atoms with van der Waals surface area (Å²) < 4.78 is 50.3. The molecule has 0 N–H and O–H groups in total. The van der Waals surface area contributed by atoms with E-state index >= 15 is 0 Å². The predicted octanol–water partition coefficient (Wildman–Crippen LogP) is 3.66. The van der Waals surface area contributed by atoms with E-state index in [1.54, 1.807) is 6.92 Å². The fourth-order valence-corrected chi connectivity index (χ4v) is 5.02. The van der Waals surface area contributed by atoms with Gasteiger partial charge in [0.25, 0.3) is 5.91 Å². The van der Waals surface area contributed by atoms with Crippen molar-refractivity contribution in [2.75, 3.05) is 10.8 Å². The first-order chi connectivity index (χ1) is 11.6. The number of hydrogen-bond donors (Lipinski definition) is 0. The van der Waals surface area contributed by atoms with Crippen LogP contribution in [0.2, 0.25) is 0 Å². The van der Waals surface area contributed by atoms with Gasteiger partial charge in [0.05, 0.1) is 17.0 Å². The second-order valence-electron chi connectivity index (χ2n) is 6.40. The highest BCUT2D eigenvalue weighted by molar-refractivity contribution is 7.88. The molecule has 1 aromatic carbocycles. The molecule has 4 nitrogen and oxygen atoms in total. The molecular formula is C17H17F3N2O2S. The summed E-state index contributed by atoms with van der Waals surface area (Å²) in [5.41, 5.74) is 1.48. The molecule has 8 heteroatoms. The van der Waals surface area contributed by atoms with Crippen LogP contribution in [-0.2, 0) is 21.8 Å². The molecule has 0 radical (unpaired) electrons. The van der Waals surface area contributed by atoms with E-state index in [2.05, 4.69) is 5.10 Å². The number of allylic oxidation sites excluding steroid dienone is 1. The number of hydrazone groups is 1. The number of carbonyl (C=O) groups excluding carboxylic acids is 1. The van der Waals surface area contributed by atoms with Crippen molar-refractivity contribution >= 4 is 28.1 Å². The Hall–Kier alpha value is -1.96. The average molecular weight is 370 g/mol. The fraction of sp³-hybridized carbons (Fsp3) is 0.412. The maximum atomic E-state index is 13.0. The van der Waals surface area contributed by atoms with Gasteiger partial charge in [-0.1, -0.05) is 17.2 Å². The highest BCUT2D eigenvalue weighted by Gasteiger charge is 2.55. The van der Waals surface area contributed by atoms with Crippen LogP contribution < -0.4 is 5.01 Å². The van der Waals surface area contributed by atoms with Crippen LogP contribution in [0.4, 0.5) is 18.9 Å². The monoisotopic (exact) mass is 370 g/mol. The number of anilines is 1. The number of alkyl halides is 3. The molecular weight excluding hydrogens is 353 g/mol. The van der Waals surface area contributed by atoms with Gasteiger partial charge >= 0.3 is 6.18 Å².